The third-order valence-electron chi connectivity index (χ3n) is 6.65. The zero-order chi connectivity index (χ0) is 24.4. The second-order valence-corrected chi connectivity index (χ2v) is 8.68. The topological polar surface area (TPSA) is 77.1 Å². The molecule has 1 aromatic carbocycles. The summed E-state index contributed by atoms with van der Waals surface area (Å²) in [6.07, 6.45) is 0. The van der Waals surface area contributed by atoms with Crippen LogP contribution >= 0.6 is 0 Å². The Labute approximate surface area is 199 Å². The number of anilines is 1. The SMILES string of the molecule is [C-]#[N+]c1ccc2c(n1)c(N1C[C@@H](COC)N(C(C)c3ccc(OC)cc3)C[C@@H]1C)nc(=O)n2C. The van der Waals surface area contributed by atoms with Crippen molar-refractivity contribution in [1.82, 2.24) is 19.4 Å². The molecular formula is C25H30N6O3. The molecule has 3 aromatic rings. The number of nitrogens with zero attached hydrogens (tertiary/aromatic N) is 6. The molecule has 34 heavy (non-hydrogen) atoms. The molecule has 178 valence electrons. The van der Waals surface area contributed by atoms with Gasteiger partial charge in [0.05, 0.1) is 25.3 Å². The van der Waals surface area contributed by atoms with E-state index in [0.717, 1.165) is 12.3 Å². The summed E-state index contributed by atoms with van der Waals surface area (Å²) in [5.41, 5.74) is 2.08. The third kappa shape index (κ3) is 4.34. The largest absolute Gasteiger partial charge is 0.497 e. The highest BCUT2D eigenvalue weighted by Crippen LogP contribution is 2.32. The van der Waals surface area contributed by atoms with Crippen molar-refractivity contribution in [1.29, 1.82) is 0 Å². The van der Waals surface area contributed by atoms with Crippen molar-refractivity contribution in [3.8, 4) is 5.75 Å². The molecule has 3 atom stereocenters. The Bertz CT molecular complexity index is 1270. The van der Waals surface area contributed by atoms with Crippen molar-refractivity contribution in [3.63, 3.8) is 0 Å². The van der Waals surface area contributed by atoms with Crippen LogP contribution in [0.5, 0.6) is 5.75 Å². The number of hydrogen-bond acceptors (Lipinski definition) is 7. The van der Waals surface area contributed by atoms with E-state index >= 15 is 0 Å². The Morgan fingerprint density at radius 2 is 1.88 bits per heavy atom. The predicted molar refractivity (Wildman–Crippen MR) is 132 cm³/mol. The highest BCUT2D eigenvalue weighted by Gasteiger charge is 2.37. The average molecular weight is 463 g/mol. The van der Waals surface area contributed by atoms with Gasteiger partial charge in [0.1, 0.15) is 5.75 Å². The molecule has 0 bridgehead atoms. The van der Waals surface area contributed by atoms with E-state index in [9.17, 15) is 4.79 Å². The van der Waals surface area contributed by atoms with Gasteiger partial charge in [-0.15, -0.1) is 4.98 Å². The van der Waals surface area contributed by atoms with E-state index in [2.05, 4.69) is 50.6 Å². The fourth-order valence-corrected chi connectivity index (χ4v) is 4.71. The van der Waals surface area contributed by atoms with Crippen LogP contribution in [0.3, 0.4) is 0 Å². The molecule has 1 aliphatic heterocycles. The Hall–Kier alpha value is -3.48. The summed E-state index contributed by atoms with van der Waals surface area (Å²) < 4.78 is 12.4. The lowest BCUT2D eigenvalue weighted by molar-refractivity contribution is 0.0461. The van der Waals surface area contributed by atoms with Crippen molar-refractivity contribution < 1.29 is 9.47 Å². The minimum absolute atomic E-state index is 0.0648. The van der Waals surface area contributed by atoms with E-state index in [1.165, 1.54) is 10.1 Å². The molecule has 1 aliphatic rings. The molecule has 1 fully saturated rings. The van der Waals surface area contributed by atoms with Gasteiger partial charge in [0.15, 0.2) is 5.82 Å². The van der Waals surface area contributed by atoms with Gasteiger partial charge in [-0.2, -0.15) is 4.98 Å². The molecule has 1 saturated heterocycles. The van der Waals surface area contributed by atoms with Crippen LogP contribution in [-0.2, 0) is 11.8 Å². The number of piperazine rings is 1. The van der Waals surface area contributed by atoms with Crippen molar-refractivity contribution in [2.45, 2.75) is 32.0 Å². The lowest BCUT2D eigenvalue weighted by Crippen LogP contribution is -2.59. The summed E-state index contributed by atoms with van der Waals surface area (Å²) in [6, 6.07) is 11.8. The van der Waals surface area contributed by atoms with E-state index in [0.29, 0.717) is 30.0 Å². The van der Waals surface area contributed by atoms with E-state index in [-0.39, 0.29) is 29.6 Å². The highest BCUT2D eigenvalue weighted by atomic mass is 16.5. The number of rotatable bonds is 6. The van der Waals surface area contributed by atoms with Crippen molar-refractivity contribution >= 4 is 22.7 Å². The first-order valence-corrected chi connectivity index (χ1v) is 11.3. The summed E-state index contributed by atoms with van der Waals surface area (Å²) >= 11 is 0. The first-order chi connectivity index (χ1) is 16.4. The van der Waals surface area contributed by atoms with Crippen LogP contribution in [0, 0.1) is 6.57 Å². The lowest BCUT2D eigenvalue weighted by Gasteiger charge is -2.48. The summed E-state index contributed by atoms with van der Waals surface area (Å²) in [7, 11) is 5.04. The van der Waals surface area contributed by atoms with Gasteiger partial charge in [-0.25, -0.2) is 4.79 Å². The zero-order valence-corrected chi connectivity index (χ0v) is 20.2. The van der Waals surface area contributed by atoms with Crippen molar-refractivity contribution in [2.24, 2.45) is 7.05 Å². The van der Waals surface area contributed by atoms with Crippen LogP contribution in [0.1, 0.15) is 25.5 Å². The normalized spacial score (nSPS) is 19.7. The first-order valence-electron chi connectivity index (χ1n) is 11.3. The van der Waals surface area contributed by atoms with Crippen LogP contribution in [0.25, 0.3) is 15.9 Å². The quantitative estimate of drug-likeness (QED) is 0.521. The van der Waals surface area contributed by atoms with E-state index < -0.39 is 0 Å². The van der Waals surface area contributed by atoms with E-state index in [4.69, 9.17) is 16.0 Å². The number of fused-ring (bicyclic) bond motifs is 1. The summed E-state index contributed by atoms with van der Waals surface area (Å²) in [5, 5.41) is 0. The maximum absolute atomic E-state index is 12.7. The molecule has 0 amide bonds. The number of methoxy groups -OCH3 is 2. The average Bonchev–Trinajstić information content (AvgIpc) is 2.86. The van der Waals surface area contributed by atoms with Crippen LogP contribution < -0.4 is 15.3 Å². The van der Waals surface area contributed by atoms with Gasteiger partial charge in [0.25, 0.3) is 5.82 Å². The molecule has 9 heteroatoms. The van der Waals surface area contributed by atoms with E-state index in [1.807, 2.05) is 12.1 Å². The van der Waals surface area contributed by atoms with Crippen LogP contribution in [0.15, 0.2) is 41.2 Å². The molecule has 0 saturated carbocycles. The van der Waals surface area contributed by atoms with Crippen LogP contribution in [-0.4, -0.2) is 65.4 Å². The molecule has 2 aromatic heterocycles. The molecule has 0 radical (unpaired) electrons. The number of hydrogen-bond donors (Lipinski definition) is 0. The zero-order valence-electron chi connectivity index (χ0n) is 20.2. The Balaban J connectivity index is 1.71. The Morgan fingerprint density at radius 1 is 1.15 bits per heavy atom. The summed E-state index contributed by atoms with van der Waals surface area (Å²) in [4.78, 5) is 29.6. The fourth-order valence-electron chi connectivity index (χ4n) is 4.71. The fraction of sp³-hybridized carbons (Fsp3) is 0.440. The van der Waals surface area contributed by atoms with Gasteiger partial charge < -0.3 is 19.2 Å². The maximum Gasteiger partial charge on any atom is 0.350 e. The molecule has 0 spiro atoms. The Kier molecular flexibility index (Phi) is 6.82. The Morgan fingerprint density at radius 3 is 2.53 bits per heavy atom. The van der Waals surface area contributed by atoms with Gasteiger partial charge in [-0.05, 0) is 43.7 Å². The van der Waals surface area contributed by atoms with Gasteiger partial charge >= 0.3 is 5.69 Å². The van der Waals surface area contributed by atoms with Gasteiger partial charge in [0, 0.05) is 39.3 Å². The molecule has 0 aliphatic carbocycles. The second-order valence-electron chi connectivity index (χ2n) is 8.68. The first kappa shape index (κ1) is 23.7. The number of benzene rings is 1. The summed E-state index contributed by atoms with van der Waals surface area (Å²) in [5.74, 6) is 1.63. The number of aromatic nitrogens is 3. The van der Waals surface area contributed by atoms with Gasteiger partial charge in [-0.3, -0.25) is 9.47 Å². The molecule has 3 heterocycles. The predicted octanol–water partition coefficient (Wildman–Crippen LogP) is 3.17. The van der Waals surface area contributed by atoms with Crippen LogP contribution in [0.4, 0.5) is 11.6 Å². The van der Waals surface area contributed by atoms with Crippen molar-refractivity contribution in [3.05, 3.63) is 63.9 Å². The molecule has 1 unspecified atom stereocenters. The van der Waals surface area contributed by atoms with Crippen molar-refractivity contribution in [2.75, 3.05) is 38.8 Å². The van der Waals surface area contributed by atoms with Gasteiger partial charge in [-0.1, -0.05) is 18.7 Å². The minimum Gasteiger partial charge on any atom is -0.497 e. The number of ether oxygens (including phenoxy) is 2. The molecular weight excluding hydrogens is 432 g/mol. The smallest absolute Gasteiger partial charge is 0.350 e. The summed E-state index contributed by atoms with van der Waals surface area (Å²) in [6.45, 7) is 13.6. The number of pyridine rings is 1. The molecule has 0 N–H and O–H groups in total. The van der Waals surface area contributed by atoms with Crippen LogP contribution in [0.2, 0.25) is 0 Å². The maximum atomic E-state index is 12.7. The molecule has 9 nitrogen and oxygen atoms in total. The monoisotopic (exact) mass is 462 g/mol. The highest BCUT2D eigenvalue weighted by molar-refractivity contribution is 5.87. The second kappa shape index (κ2) is 9.79. The standard InChI is InChI=1S/C25H30N6O3/c1-16-13-31(17(2)18-7-9-20(34-6)10-8-18)19(15-33-5)14-30(16)24-23-21(29(4)25(32)28-24)11-12-22(26-3)27-23/h7-12,16-17,19H,13-15H2,1-2,4-6H3/t16-,17?,19-/m0/s1. The van der Waals surface area contributed by atoms with E-state index in [1.54, 1.807) is 33.4 Å². The number of aryl methyl sites for hydroxylation is 1. The minimum atomic E-state index is -0.343. The third-order valence-corrected chi connectivity index (χ3v) is 6.65. The van der Waals surface area contributed by atoms with Gasteiger partial charge in [0.2, 0.25) is 5.52 Å². The molecule has 4 rings (SSSR count). The lowest BCUT2D eigenvalue weighted by atomic mass is 10.00.